The van der Waals surface area contributed by atoms with Crippen LogP contribution >= 0.6 is 11.8 Å². The minimum atomic E-state index is -1.03. The largest absolute Gasteiger partial charge is 0.508 e. The van der Waals surface area contributed by atoms with E-state index in [1.165, 1.54) is 31.2 Å². The number of phenols is 1. The molecular formula is C28H28FNO5S. The molecule has 188 valence electrons. The summed E-state index contributed by atoms with van der Waals surface area (Å²) >= 11 is 0.857. The third kappa shape index (κ3) is 7.95. The lowest BCUT2D eigenvalue weighted by molar-refractivity contribution is -0.149. The molecule has 0 spiro atoms. The smallest absolute Gasteiger partial charge is 0.329 e. The number of carbonyl (C=O) groups is 3. The molecule has 8 heteroatoms. The van der Waals surface area contributed by atoms with E-state index in [-0.39, 0.29) is 23.9 Å². The Morgan fingerprint density at radius 2 is 1.58 bits per heavy atom. The van der Waals surface area contributed by atoms with Crippen molar-refractivity contribution in [3.05, 3.63) is 101 Å². The maximum Gasteiger partial charge on any atom is 0.329 e. The summed E-state index contributed by atoms with van der Waals surface area (Å²) in [4.78, 5) is 38.4. The third-order valence-electron chi connectivity index (χ3n) is 5.60. The predicted octanol–water partition coefficient (Wildman–Crippen LogP) is 4.75. The van der Waals surface area contributed by atoms with Crippen molar-refractivity contribution in [2.75, 3.05) is 0 Å². The van der Waals surface area contributed by atoms with Gasteiger partial charge in [-0.2, -0.15) is 0 Å². The molecule has 0 bridgehead atoms. The summed E-state index contributed by atoms with van der Waals surface area (Å²) in [6, 6.07) is 20.2. The number of nitrogens with one attached hydrogen (secondary N) is 1. The number of amides is 1. The first-order valence-corrected chi connectivity index (χ1v) is 12.3. The van der Waals surface area contributed by atoms with E-state index < -0.39 is 34.9 Å². The molecule has 6 nitrogen and oxygen atoms in total. The number of aromatic hydroxyl groups is 1. The van der Waals surface area contributed by atoms with E-state index in [1.54, 1.807) is 31.2 Å². The SMILES string of the molecule is CC(=O)SC(C(=O)N[C@@H](Cc1ccc(O)cc1)C(=O)OCc1ccccc1)C(C)c1ccc(F)cc1. The van der Waals surface area contributed by atoms with Crippen molar-refractivity contribution in [2.45, 2.75) is 44.1 Å². The molecule has 0 aliphatic carbocycles. The third-order valence-corrected chi connectivity index (χ3v) is 6.81. The molecule has 0 saturated heterocycles. The Kier molecular flexibility index (Phi) is 9.64. The maximum absolute atomic E-state index is 13.4. The van der Waals surface area contributed by atoms with E-state index >= 15 is 0 Å². The Hall–Kier alpha value is -3.65. The van der Waals surface area contributed by atoms with Crippen LogP contribution in [-0.2, 0) is 32.1 Å². The van der Waals surface area contributed by atoms with Gasteiger partial charge in [-0.05, 0) is 41.0 Å². The molecule has 3 atom stereocenters. The number of benzene rings is 3. The lowest BCUT2D eigenvalue weighted by Crippen LogP contribution is -2.47. The highest BCUT2D eigenvalue weighted by molar-refractivity contribution is 8.14. The number of phenolic OH excluding ortho intramolecular Hbond substituents is 1. The zero-order valence-corrected chi connectivity index (χ0v) is 20.8. The van der Waals surface area contributed by atoms with E-state index in [2.05, 4.69) is 5.32 Å². The van der Waals surface area contributed by atoms with Crippen LogP contribution in [-0.4, -0.2) is 33.4 Å². The first kappa shape index (κ1) is 26.9. The van der Waals surface area contributed by atoms with Gasteiger partial charge >= 0.3 is 5.97 Å². The first-order valence-electron chi connectivity index (χ1n) is 11.4. The van der Waals surface area contributed by atoms with Crippen LogP contribution in [0.1, 0.15) is 36.5 Å². The van der Waals surface area contributed by atoms with E-state index in [9.17, 15) is 23.9 Å². The van der Waals surface area contributed by atoms with Crippen LogP contribution in [0.3, 0.4) is 0 Å². The predicted molar refractivity (Wildman–Crippen MR) is 137 cm³/mol. The lowest BCUT2D eigenvalue weighted by Gasteiger charge is -2.25. The highest BCUT2D eigenvalue weighted by Crippen LogP contribution is 2.30. The minimum absolute atomic E-state index is 0.0409. The zero-order chi connectivity index (χ0) is 26.1. The summed E-state index contributed by atoms with van der Waals surface area (Å²) in [7, 11) is 0. The van der Waals surface area contributed by atoms with Crippen LogP contribution in [0.2, 0.25) is 0 Å². The molecule has 0 saturated carbocycles. The highest BCUT2D eigenvalue weighted by Gasteiger charge is 2.32. The standard InChI is InChI=1S/C28H28FNO5S/c1-18(22-10-12-23(29)13-11-22)26(36-19(2)31)27(33)30-25(16-20-8-14-24(32)15-9-20)28(34)35-17-21-6-4-3-5-7-21/h3-15,18,25-26,32H,16-17H2,1-2H3,(H,30,33)/t18?,25-,26?/m0/s1. The second-order valence-electron chi connectivity index (χ2n) is 8.40. The van der Waals surface area contributed by atoms with E-state index in [1.807, 2.05) is 30.3 Å². The van der Waals surface area contributed by atoms with Gasteiger partial charge in [0.15, 0.2) is 5.12 Å². The fourth-order valence-corrected chi connectivity index (χ4v) is 4.54. The number of esters is 1. The van der Waals surface area contributed by atoms with Gasteiger partial charge in [0.25, 0.3) is 0 Å². The molecule has 2 N–H and O–H groups in total. The van der Waals surface area contributed by atoms with Crippen molar-refractivity contribution in [3.8, 4) is 5.75 Å². The number of carbonyl (C=O) groups excluding carboxylic acids is 3. The van der Waals surface area contributed by atoms with Crippen LogP contribution in [0, 0.1) is 5.82 Å². The summed E-state index contributed by atoms with van der Waals surface area (Å²) in [5.74, 6) is -1.89. The van der Waals surface area contributed by atoms with Gasteiger partial charge in [0.05, 0.1) is 5.25 Å². The topological polar surface area (TPSA) is 92.7 Å². The monoisotopic (exact) mass is 509 g/mol. The van der Waals surface area contributed by atoms with Gasteiger partial charge in [-0.1, -0.05) is 73.3 Å². The van der Waals surface area contributed by atoms with Gasteiger partial charge in [-0.15, -0.1) is 0 Å². The van der Waals surface area contributed by atoms with Crippen molar-refractivity contribution in [1.82, 2.24) is 5.32 Å². The molecule has 2 unspecified atom stereocenters. The van der Waals surface area contributed by atoms with Gasteiger partial charge in [-0.3, -0.25) is 9.59 Å². The van der Waals surface area contributed by atoms with Crippen LogP contribution in [0.15, 0.2) is 78.9 Å². The summed E-state index contributed by atoms with van der Waals surface area (Å²) in [6.45, 7) is 3.18. The molecule has 0 aliphatic heterocycles. The van der Waals surface area contributed by atoms with Gasteiger partial charge < -0.3 is 15.2 Å². The normalized spacial score (nSPS) is 13.3. The molecule has 3 aromatic carbocycles. The number of ether oxygens (including phenoxy) is 1. The number of rotatable bonds is 10. The molecule has 0 fully saturated rings. The molecular weight excluding hydrogens is 481 g/mol. The molecule has 0 heterocycles. The lowest BCUT2D eigenvalue weighted by atomic mass is 9.96. The summed E-state index contributed by atoms with van der Waals surface area (Å²) in [6.07, 6.45) is 0.127. The fourth-order valence-electron chi connectivity index (χ4n) is 3.65. The highest BCUT2D eigenvalue weighted by atomic mass is 32.2. The van der Waals surface area contributed by atoms with Crippen molar-refractivity contribution in [2.24, 2.45) is 0 Å². The molecule has 0 radical (unpaired) electrons. The van der Waals surface area contributed by atoms with Crippen molar-refractivity contribution in [1.29, 1.82) is 0 Å². The summed E-state index contributed by atoms with van der Waals surface area (Å²) < 4.78 is 18.9. The summed E-state index contributed by atoms with van der Waals surface area (Å²) in [5, 5.41) is 11.2. The number of hydrogen-bond acceptors (Lipinski definition) is 6. The molecule has 36 heavy (non-hydrogen) atoms. The molecule has 1 amide bonds. The van der Waals surface area contributed by atoms with Crippen LogP contribution < -0.4 is 5.32 Å². The van der Waals surface area contributed by atoms with Gasteiger partial charge in [-0.25, -0.2) is 9.18 Å². The van der Waals surface area contributed by atoms with Gasteiger partial charge in [0.1, 0.15) is 24.2 Å². The average Bonchev–Trinajstić information content (AvgIpc) is 2.87. The second kappa shape index (κ2) is 12.9. The van der Waals surface area contributed by atoms with E-state index in [0.717, 1.165) is 17.3 Å². The second-order valence-corrected chi connectivity index (χ2v) is 9.71. The van der Waals surface area contributed by atoms with Crippen molar-refractivity contribution < 1.29 is 28.6 Å². The number of thioether (sulfide) groups is 1. The van der Waals surface area contributed by atoms with E-state index in [4.69, 9.17) is 4.74 Å². The quantitative estimate of drug-likeness (QED) is 0.383. The summed E-state index contributed by atoms with van der Waals surface area (Å²) in [5.41, 5.74) is 2.19. The molecule has 3 rings (SSSR count). The Morgan fingerprint density at radius 1 is 0.944 bits per heavy atom. The zero-order valence-electron chi connectivity index (χ0n) is 20.0. The number of halogens is 1. The maximum atomic E-state index is 13.4. The Balaban J connectivity index is 1.80. The molecule has 0 aromatic heterocycles. The average molecular weight is 510 g/mol. The van der Waals surface area contributed by atoms with Crippen LogP contribution in [0.5, 0.6) is 5.75 Å². The van der Waals surface area contributed by atoms with Gasteiger partial charge in [0, 0.05) is 19.3 Å². The first-order chi connectivity index (χ1) is 17.2. The van der Waals surface area contributed by atoms with Crippen molar-refractivity contribution in [3.63, 3.8) is 0 Å². The fraction of sp³-hybridized carbons (Fsp3) is 0.250. The number of hydrogen-bond donors (Lipinski definition) is 2. The van der Waals surface area contributed by atoms with Crippen LogP contribution in [0.4, 0.5) is 4.39 Å². The molecule has 3 aromatic rings. The van der Waals surface area contributed by atoms with Gasteiger partial charge in [0.2, 0.25) is 5.91 Å². The molecule has 0 aliphatic rings. The van der Waals surface area contributed by atoms with Crippen LogP contribution in [0.25, 0.3) is 0 Å². The van der Waals surface area contributed by atoms with E-state index in [0.29, 0.717) is 11.1 Å². The minimum Gasteiger partial charge on any atom is -0.508 e. The van der Waals surface area contributed by atoms with Crippen molar-refractivity contribution >= 4 is 28.8 Å². The Morgan fingerprint density at radius 3 is 2.19 bits per heavy atom. The Bertz CT molecular complexity index is 1170. The Labute approximate surface area is 213 Å².